The lowest BCUT2D eigenvalue weighted by Crippen LogP contribution is -2.18. The van der Waals surface area contributed by atoms with Crippen molar-refractivity contribution in [2.45, 2.75) is 19.8 Å². The number of rotatable bonds is 5. The average Bonchev–Trinajstić information content (AvgIpc) is 3.00. The molecule has 0 amide bonds. The first-order chi connectivity index (χ1) is 8.86. The quantitative estimate of drug-likeness (QED) is 0.796. The van der Waals surface area contributed by atoms with Gasteiger partial charge in [-0.15, -0.1) is 0 Å². The van der Waals surface area contributed by atoms with Crippen LogP contribution >= 0.6 is 0 Å². The highest BCUT2D eigenvalue weighted by atomic mass is 16.5. The Hall–Kier alpha value is -1.44. The average molecular weight is 243 g/mol. The molecule has 0 spiro atoms. The number of nitrogens with one attached hydrogen (secondary N) is 1. The van der Waals surface area contributed by atoms with Gasteiger partial charge in [-0.1, -0.05) is 24.3 Å². The fourth-order valence-electron chi connectivity index (χ4n) is 3.26. The summed E-state index contributed by atoms with van der Waals surface area (Å²) in [5.41, 5.74) is 1.13. The zero-order valence-corrected chi connectivity index (χ0v) is 10.9. The highest BCUT2D eigenvalue weighted by molar-refractivity contribution is 5.56. The van der Waals surface area contributed by atoms with Crippen molar-refractivity contribution in [1.82, 2.24) is 0 Å². The van der Waals surface area contributed by atoms with Crippen molar-refractivity contribution in [3.63, 3.8) is 0 Å². The molecule has 0 saturated heterocycles. The van der Waals surface area contributed by atoms with Crippen molar-refractivity contribution in [2.75, 3.05) is 18.5 Å². The Morgan fingerprint density at radius 1 is 1.22 bits per heavy atom. The number of fused-ring (bicyclic) bond motifs is 2. The lowest BCUT2D eigenvalue weighted by atomic mass is 9.93. The fraction of sp³-hybridized carbons (Fsp3) is 0.500. The Morgan fingerprint density at radius 3 is 2.83 bits per heavy atom. The van der Waals surface area contributed by atoms with Crippen molar-refractivity contribution < 1.29 is 4.74 Å². The monoisotopic (exact) mass is 243 g/mol. The number of ether oxygens (including phenoxy) is 1. The van der Waals surface area contributed by atoms with Crippen molar-refractivity contribution in [1.29, 1.82) is 0 Å². The molecule has 3 atom stereocenters. The lowest BCUT2D eigenvalue weighted by Gasteiger charge is -2.20. The van der Waals surface area contributed by atoms with Gasteiger partial charge in [-0.05, 0) is 49.7 Å². The van der Waals surface area contributed by atoms with E-state index in [0.717, 1.165) is 42.3 Å². The third kappa shape index (κ3) is 2.24. The van der Waals surface area contributed by atoms with E-state index in [1.165, 1.54) is 12.8 Å². The summed E-state index contributed by atoms with van der Waals surface area (Å²) in [6, 6.07) is 8.22. The molecule has 0 heterocycles. The predicted octanol–water partition coefficient (Wildman–Crippen LogP) is 3.71. The number of anilines is 1. The summed E-state index contributed by atoms with van der Waals surface area (Å²) in [6.07, 6.45) is 7.54. The van der Waals surface area contributed by atoms with E-state index in [4.69, 9.17) is 4.74 Å². The molecule has 2 aliphatic rings. The third-order valence-electron chi connectivity index (χ3n) is 4.16. The Morgan fingerprint density at radius 2 is 2.11 bits per heavy atom. The SMILES string of the molecule is CCOc1ccccc1NCC1CC2C=CC1C2. The van der Waals surface area contributed by atoms with E-state index < -0.39 is 0 Å². The van der Waals surface area contributed by atoms with E-state index in [0.29, 0.717) is 0 Å². The van der Waals surface area contributed by atoms with Gasteiger partial charge >= 0.3 is 0 Å². The number of allylic oxidation sites excluding steroid dienone is 2. The predicted molar refractivity (Wildman–Crippen MR) is 74.9 cm³/mol. The summed E-state index contributed by atoms with van der Waals surface area (Å²) in [7, 11) is 0. The van der Waals surface area contributed by atoms with Gasteiger partial charge in [0.1, 0.15) is 5.75 Å². The molecular weight excluding hydrogens is 222 g/mol. The van der Waals surface area contributed by atoms with E-state index in [1.807, 2.05) is 19.1 Å². The van der Waals surface area contributed by atoms with Crippen molar-refractivity contribution >= 4 is 5.69 Å². The van der Waals surface area contributed by atoms with Crippen molar-refractivity contribution in [3.05, 3.63) is 36.4 Å². The van der Waals surface area contributed by atoms with Gasteiger partial charge in [-0.25, -0.2) is 0 Å². The molecule has 1 N–H and O–H groups in total. The molecule has 0 radical (unpaired) electrons. The largest absolute Gasteiger partial charge is 0.492 e. The van der Waals surface area contributed by atoms with Crippen LogP contribution in [-0.2, 0) is 0 Å². The minimum absolute atomic E-state index is 0.718. The number of para-hydroxylation sites is 2. The van der Waals surface area contributed by atoms with Crippen molar-refractivity contribution in [2.24, 2.45) is 17.8 Å². The minimum atomic E-state index is 0.718. The summed E-state index contributed by atoms with van der Waals surface area (Å²) in [6.45, 7) is 3.81. The molecule has 2 aliphatic carbocycles. The highest BCUT2D eigenvalue weighted by Gasteiger charge is 2.35. The molecule has 18 heavy (non-hydrogen) atoms. The molecule has 96 valence electrons. The second-order valence-corrected chi connectivity index (χ2v) is 5.35. The van der Waals surface area contributed by atoms with Gasteiger partial charge in [0.25, 0.3) is 0 Å². The Labute approximate surface area is 109 Å². The second-order valence-electron chi connectivity index (χ2n) is 5.35. The van der Waals surface area contributed by atoms with Gasteiger partial charge < -0.3 is 10.1 Å². The molecule has 2 nitrogen and oxygen atoms in total. The Kier molecular flexibility index (Phi) is 3.26. The smallest absolute Gasteiger partial charge is 0.142 e. The lowest BCUT2D eigenvalue weighted by molar-refractivity contribution is 0.341. The van der Waals surface area contributed by atoms with Gasteiger partial charge in [-0.3, -0.25) is 0 Å². The molecule has 3 unspecified atom stereocenters. The first kappa shape index (κ1) is 11.6. The maximum atomic E-state index is 5.64. The summed E-state index contributed by atoms with van der Waals surface area (Å²) < 4.78 is 5.64. The summed E-state index contributed by atoms with van der Waals surface area (Å²) in [4.78, 5) is 0. The van der Waals surface area contributed by atoms with Crippen LogP contribution in [0.15, 0.2) is 36.4 Å². The molecule has 3 rings (SSSR count). The van der Waals surface area contributed by atoms with E-state index in [9.17, 15) is 0 Å². The highest BCUT2D eigenvalue weighted by Crippen LogP contribution is 2.43. The van der Waals surface area contributed by atoms with Crippen molar-refractivity contribution in [3.8, 4) is 5.75 Å². The van der Waals surface area contributed by atoms with Gasteiger partial charge in [0, 0.05) is 6.54 Å². The first-order valence-electron chi connectivity index (χ1n) is 7.01. The minimum Gasteiger partial charge on any atom is -0.492 e. The molecule has 1 saturated carbocycles. The molecule has 1 aromatic rings. The zero-order valence-electron chi connectivity index (χ0n) is 10.9. The maximum absolute atomic E-state index is 5.64. The number of hydrogen-bond donors (Lipinski definition) is 1. The van der Waals surface area contributed by atoms with Crippen LogP contribution in [-0.4, -0.2) is 13.2 Å². The summed E-state index contributed by atoms with van der Waals surface area (Å²) in [5, 5.41) is 3.57. The topological polar surface area (TPSA) is 21.3 Å². The standard InChI is InChI=1S/C16H21NO/c1-2-18-16-6-4-3-5-15(16)17-11-14-10-12-7-8-13(14)9-12/h3-8,12-14,17H,2,9-11H2,1H3. The molecule has 0 aromatic heterocycles. The van der Waals surface area contributed by atoms with Crippen LogP contribution in [0, 0.1) is 17.8 Å². The number of benzene rings is 1. The zero-order chi connectivity index (χ0) is 12.4. The van der Waals surface area contributed by atoms with E-state index in [2.05, 4.69) is 29.6 Å². The normalized spacial score (nSPS) is 28.6. The molecule has 2 heteroatoms. The summed E-state index contributed by atoms with van der Waals surface area (Å²) >= 11 is 0. The molecule has 0 aliphatic heterocycles. The Bertz CT molecular complexity index is 440. The molecule has 1 aromatic carbocycles. The van der Waals surface area contributed by atoms with Gasteiger partial charge in [0.15, 0.2) is 0 Å². The van der Waals surface area contributed by atoms with Crippen LogP contribution in [0.1, 0.15) is 19.8 Å². The van der Waals surface area contributed by atoms with Crippen LogP contribution in [0.4, 0.5) is 5.69 Å². The van der Waals surface area contributed by atoms with Crippen LogP contribution < -0.4 is 10.1 Å². The van der Waals surface area contributed by atoms with Gasteiger partial charge in [0.2, 0.25) is 0 Å². The van der Waals surface area contributed by atoms with Crippen LogP contribution in [0.25, 0.3) is 0 Å². The van der Waals surface area contributed by atoms with Crippen LogP contribution in [0.2, 0.25) is 0 Å². The van der Waals surface area contributed by atoms with Crippen LogP contribution in [0.3, 0.4) is 0 Å². The maximum Gasteiger partial charge on any atom is 0.142 e. The number of hydrogen-bond acceptors (Lipinski definition) is 2. The fourth-order valence-corrected chi connectivity index (χ4v) is 3.26. The second kappa shape index (κ2) is 5.05. The molecule has 1 fully saturated rings. The Balaban J connectivity index is 1.61. The van der Waals surface area contributed by atoms with Crippen LogP contribution in [0.5, 0.6) is 5.75 Å². The molecular formula is C16H21NO. The van der Waals surface area contributed by atoms with Gasteiger partial charge in [-0.2, -0.15) is 0 Å². The van der Waals surface area contributed by atoms with E-state index in [-0.39, 0.29) is 0 Å². The first-order valence-corrected chi connectivity index (χ1v) is 7.01. The third-order valence-corrected chi connectivity index (χ3v) is 4.16. The molecule has 2 bridgehead atoms. The summed E-state index contributed by atoms with van der Waals surface area (Å²) in [5.74, 6) is 3.43. The van der Waals surface area contributed by atoms with E-state index in [1.54, 1.807) is 0 Å². The van der Waals surface area contributed by atoms with Gasteiger partial charge in [0.05, 0.1) is 12.3 Å². The van der Waals surface area contributed by atoms with E-state index >= 15 is 0 Å².